The second-order valence-corrected chi connectivity index (χ2v) is 6.97. The number of nitrogens with one attached hydrogen (secondary N) is 1. The highest BCUT2D eigenvalue weighted by Gasteiger charge is 2.24. The molecule has 2 unspecified atom stereocenters. The molecule has 0 spiro atoms. The molecule has 1 aliphatic heterocycles. The molecule has 1 amide bonds. The lowest BCUT2D eigenvalue weighted by atomic mass is 10.00. The summed E-state index contributed by atoms with van der Waals surface area (Å²) in [7, 11) is -3.82. The molecule has 0 saturated carbocycles. The molecule has 1 aromatic carbocycles. The third-order valence-electron chi connectivity index (χ3n) is 3.81. The van der Waals surface area contributed by atoms with Crippen LogP contribution in [0.3, 0.4) is 0 Å². The molecule has 1 aliphatic rings. The summed E-state index contributed by atoms with van der Waals surface area (Å²) in [6, 6.07) is 4.27. The van der Waals surface area contributed by atoms with Gasteiger partial charge in [-0.1, -0.05) is 6.07 Å². The molecule has 3 N–H and O–H groups in total. The fourth-order valence-corrected chi connectivity index (χ4v) is 2.91. The summed E-state index contributed by atoms with van der Waals surface area (Å²) in [4.78, 5) is 12.3. The number of rotatable bonds is 4. The van der Waals surface area contributed by atoms with Crippen LogP contribution in [0.4, 0.5) is 0 Å². The Morgan fingerprint density at radius 1 is 1.48 bits per heavy atom. The Labute approximate surface area is 124 Å². The zero-order chi connectivity index (χ0) is 15.6. The number of sulfonamides is 1. The second kappa shape index (κ2) is 6.13. The van der Waals surface area contributed by atoms with E-state index in [0.717, 1.165) is 6.42 Å². The van der Waals surface area contributed by atoms with Gasteiger partial charge in [0.25, 0.3) is 5.91 Å². The highest BCUT2D eigenvalue weighted by Crippen LogP contribution is 2.18. The first-order chi connectivity index (χ1) is 9.79. The monoisotopic (exact) mass is 312 g/mol. The second-order valence-electron chi connectivity index (χ2n) is 5.41. The first-order valence-corrected chi connectivity index (χ1v) is 8.35. The Kier molecular flexibility index (Phi) is 4.65. The predicted molar refractivity (Wildman–Crippen MR) is 78.4 cm³/mol. The maximum atomic E-state index is 12.3. The molecule has 7 heteroatoms. The van der Waals surface area contributed by atoms with Gasteiger partial charge in [0.05, 0.1) is 11.5 Å². The molecule has 1 aromatic rings. The van der Waals surface area contributed by atoms with E-state index in [1.165, 1.54) is 12.1 Å². The number of primary sulfonamides is 1. The Balaban J connectivity index is 2.18. The van der Waals surface area contributed by atoms with Gasteiger partial charge in [0, 0.05) is 24.1 Å². The SMILES string of the molecule is Cc1ccc(S(N)(=O)=O)cc1C(=O)NC(C)C1CCOC1. The zero-order valence-electron chi connectivity index (χ0n) is 12.1. The lowest BCUT2D eigenvalue weighted by Crippen LogP contribution is -2.38. The van der Waals surface area contributed by atoms with Gasteiger partial charge in [-0.25, -0.2) is 13.6 Å². The highest BCUT2D eigenvalue weighted by atomic mass is 32.2. The van der Waals surface area contributed by atoms with Gasteiger partial charge in [-0.3, -0.25) is 4.79 Å². The van der Waals surface area contributed by atoms with Crippen molar-refractivity contribution < 1.29 is 17.9 Å². The van der Waals surface area contributed by atoms with E-state index in [9.17, 15) is 13.2 Å². The van der Waals surface area contributed by atoms with Crippen molar-refractivity contribution in [2.45, 2.75) is 31.2 Å². The van der Waals surface area contributed by atoms with Crippen LogP contribution in [0.5, 0.6) is 0 Å². The Bertz CT molecular complexity index is 636. The fourth-order valence-electron chi connectivity index (χ4n) is 2.37. The van der Waals surface area contributed by atoms with Crippen molar-refractivity contribution in [2.24, 2.45) is 11.1 Å². The summed E-state index contributed by atoms with van der Waals surface area (Å²) in [6.07, 6.45) is 0.914. The number of benzene rings is 1. The summed E-state index contributed by atoms with van der Waals surface area (Å²) in [6.45, 7) is 5.03. The highest BCUT2D eigenvalue weighted by molar-refractivity contribution is 7.89. The van der Waals surface area contributed by atoms with Crippen LogP contribution in [-0.2, 0) is 14.8 Å². The molecular weight excluding hydrogens is 292 g/mol. The molecule has 1 heterocycles. The summed E-state index contributed by atoms with van der Waals surface area (Å²) in [5.74, 6) is -0.00641. The quantitative estimate of drug-likeness (QED) is 0.859. The van der Waals surface area contributed by atoms with E-state index in [2.05, 4.69) is 5.32 Å². The van der Waals surface area contributed by atoms with Crippen LogP contribution in [0, 0.1) is 12.8 Å². The van der Waals surface area contributed by atoms with Crippen molar-refractivity contribution in [2.75, 3.05) is 13.2 Å². The first kappa shape index (κ1) is 15.9. The van der Waals surface area contributed by atoms with Crippen LogP contribution in [0.1, 0.15) is 29.3 Å². The average Bonchev–Trinajstić information content (AvgIpc) is 2.91. The topological polar surface area (TPSA) is 98.5 Å². The van der Waals surface area contributed by atoms with Gasteiger partial charge in [-0.15, -0.1) is 0 Å². The van der Waals surface area contributed by atoms with E-state index in [0.29, 0.717) is 24.3 Å². The molecule has 0 aliphatic carbocycles. The van der Waals surface area contributed by atoms with Crippen LogP contribution in [0.15, 0.2) is 23.1 Å². The fraction of sp³-hybridized carbons (Fsp3) is 0.500. The van der Waals surface area contributed by atoms with Gasteiger partial charge in [-0.05, 0) is 38.0 Å². The van der Waals surface area contributed by atoms with Gasteiger partial charge in [0.1, 0.15) is 0 Å². The standard InChI is InChI=1S/C14H20N2O4S/c1-9-3-4-12(21(15,18)19)7-13(9)14(17)16-10(2)11-5-6-20-8-11/h3-4,7,10-11H,5-6,8H2,1-2H3,(H,16,17)(H2,15,18,19). The van der Waals surface area contributed by atoms with E-state index in [-0.39, 0.29) is 22.8 Å². The van der Waals surface area contributed by atoms with Crippen LogP contribution in [-0.4, -0.2) is 33.6 Å². The van der Waals surface area contributed by atoms with Crippen molar-refractivity contribution in [3.63, 3.8) is 0 Å². The number of carbonyl (C=O) groups is 1. The molecule has 2 rings (SSSR count). The minimum atomic E-state index is -3.82. The summed E-state index contributed by atoms with van der Waals surface area (Å²) in [5.41, 5.74) is 1.03. The van der Waals surface area contributed by atoms with Crippen molar-refractivity contribution in [3.8, 4) is 0 Å². The normalized spacial score (nSPS) is 20.2. The Morgan fingerprint density at radius 2 is 2.19 bits per heavy atom. The maximum Gasteiger partial charge on any atom is 0.251 e. The zero-order valence-corrected chi connectivity index (χ0v) is 12.9. The van der Waals surface area contributed by atoms with E-state index >= 15 is 0 Å². The summed E-state index contributed by atoms with van der Waals surface area (Å²) in [5, 5.41) is 8.00. The number of hydrogen-bond acceptors (Lipinski definition) is 4. The lowest BCUT2D eigenvalue weighted by Gasteiger charge is -2.20. The molecule has 116 valence electrons. The number of aryl methyl sites for hydroxylation is 1. The smallest absolute Gasteiger partial charge is 0.251 e. The molecule has 21 heavy (non-hydrogen) atoms. The average molecular weight is 312 g/mol. The van der Waals surface area contributed by atoms with Crippen molar-refractivity contribution in [1.29, 1.82) is 0 Å². The largest absolute Gasteiger partial charge is 0.381 e. The minimum absolute atomic E-state index is 0.0301. The van der Waals surface area contributed by atoms with Crippen LogP contribution in [0.2, 0.25) is 0 Å². The first-order valence-electron chi connectivity index (χ1n) is 6.81. The summed E-state index contributed by atoms with van der Waals surface area (Å²) < 4.78 is 28.1. The Morgan fingerprint density at radius 3 is 2.76 bits per heavy atom. The summed E-state index contributed by atoms with van der Waals surface area (Å²) >= 11 is 0. The van der Waals surface area contributed by atoms with Gasteiger partial charge in [0.15, 0.2) is 0 Å². The number of carbonyl (C=O) groups excluding carboxylic acids is 1. The molecule has 0 aromatic heterocycles. The van der Waals surface area contributed by atoms with E-state index in [1.54, 1.807) is 13.0 Å². The predicted octanol–water partition coefficient (Wildman–Crippen LogP) is 0.797. The van der Waals surface area contributed by atoms with E-state index in [1.807, 2.05) is 6.92 Å². The van der Waals surface area contributed by atoms with Gasteiger partial charge < -0.3 is 10.1 Å². The molecule has 6 nitrogen and oxygen atoms in total. The van der Waals surface area contributed by atoms with Crippen LogP contribution >= 0.6 is 0 Å². The third kappa shape index (κ3) is 3.81. The van der Waals surface area contributed by atoms with Crippen molar-refractivity contribution in [1.82, 2.24) is 5.32 Å². The van der Waals surface area contributed by atoms with Crippen LogP contribution in [0.25, 0.3) is 0 Å². The number of amides is 1. The molecule has 1 saturated heterocycles. The van der Waals surface area contributed by atoms with Gasteiger partial charge in [-0.2, -0.15) is 0 Å². The lowest BCUT2D eigenvalue weighted by molar-refractivity contribution is 0.0921. The molecule has 2 atom stereocenters. The van der Waals surface area contributed by atoms with Gasteiger partial charge >= 0.3 is 0 Å². The van der Waals surface area contributed by atoms with Crippen LogP contribution < -0.4 is 10.5 Å². The van der Waals surface area contributed by atoms with Crippen molar-refractivity contribution >= 4 is 15.9 Å². The Hall–Kier alpha value is -1.44. The molecule has 0 radical (unpaired) electrons. The van der Waals surface area contributed by atoms with E-state index < -0.39 is 10.0 Å². The van der Waals surface area contributed by atoms with Crippen molar-refractivity contribution in [3.05, 3.63) is 29.3 Å². The molecule has 0 bridgehead atoms. The van der Waals surface area contributed by atoms with E-state index in [4.69, 9.17) is 9.88 Å². The number of hydrogen-bond donors (Lipinski definition) is 2. The third-order valence-corrected chi connectivity index (χ3v) is 4.72. The maximum absolute atomic E-state index is 12.3. The van der Waals surface area contributed by atoms with Gasteiger partial charge in [0.2, 0.25) is 10.0 Å². The molecular formula is C14H20N2O4S. The number of nitrogens with two attached hydrogens (primary N) is 1. The molecule has 1 fully saturated rings. The number of ether oxygens (including phenoxy) is 1. The minimum Gasteiger partial charge on any atom is -0.381 e.